The molecule has 3 rings (SSSR count). The Bertz CT molecular complexity index is 1040. The molecule has 0 unspecified atom stereocenters. The quantitative estimate of drug-likeness (QED) is 0.431. The van der Waals surface area contributed by atoms with Gasteiger partial charge >= 0.3 is 5.97 Å². The minimum atomic E-state index is -0.385. The van der Waals surface area contributed by atoms with Gasteiger partial charge in [-0.3, -0.25) is 9.48 Å². The molecule has 0 radical (unpaired) electrons. The van der Waals surface area contributed by atoms with E-state index < -0.39 is 0 Å². The molecule has 6 nitrogen and oxygen atoms in total. The number of nitrogens with zero attached hydrogens (tertiary/aromatic N) is 2. The van der Waals surface area contributed by atoms with E-state index in [2.05, 4.69) is 33.0 Å². The Kier molecular flexibility index (Phi) is 6.13. The van der Waals surface area contributed by atoms with E-state index in [-0.39, 0.29) is 11.9 Å². The van der Waals surface area contributed by atoms with Crippen molar-refractivity contribution in [3.8, 4) is 0 Å². The maximum Gasteiger partial charge on any atom is 0.338 e. The molecule has 28 heavy (non-hydrogen) atoms. The molecule has 0 spiro atoms. The van der Waals surface area contributed by atoms with Crippen LogP contribution in [-0.4, -0.2) is 28.8 Å². The van der Waals surface area contributed by atoms with Crippen LogP contribution in [0.3, 0.4) is 0 Å². The first-order valence-electron chi connectivity index (χ1n) is 8.68. The number of esters is 1. The van der Waals surface area contributed by atoms with Crippen molar-refractivity contribution in [2.24, 2.45) is 0 Å². The fraction of sp³-hybridized carbons (Fsp3) is 0.190. The van der Waals surface area contributed by atoms with Gasteiger partial charge in [0.25, 0.3) is 5.91 Å². The first-order chi connectivity index (χ1) is 13.4. The number of hydrogen-bond donors (Lipinski definition) is 1. The van der Waals surface area contributed by atoms with Crippen LogP contribution in [0.5, 0.6) is 0 Å². The minimum absolute atomic E-state index is 0.175. The number of carbonyl (C=O) groups is 2. The SMILES string of the molecule is COC(=O)c1ccccc1Cn1nc(C)c(NC(=O)c2ccccc2I)c1C. The molecule has 1 heterocycles. The standard InChI is InChI=1S/C21H20IN3O3/c1-13-19(23-20(26)17-10-6-7-11-18(17)22)14(2)25(24-13)12-15-8-4-5-9-16(15)21(27)28-3/h4-11H,12H2,1-3H3,(H,23,26). The first-order valence-corrected chi connectivity index (χ1v) is 9.76. The molecule has 2 aromatic carbocycles. The molecule has 0 bridgehead atoms. The molecule has 0 atom stereocenters. The Morgan fingerprint density at radius 2 is 1.71 bits per heavy atom. The Hall–Kier alpha value is -2.68. The van der Waals surface area contributed by atoms with Gasteiger partial charge in [0.1, 0.15) is 0 Å². The predicted octanol–water partition coefficient (Wildman–Crippen LogP) is 4.19. The highest BCUT2D eigenvalue weighted by Crippen LogP contribution is 2.23. The van der Waals surface area contributed by atoms with Gasteiger partial charge in [0.05, 0.1) is 41.9 Å². The highest BCUT2D eigenvalue weighted by Gasteiger charge is 2.18. The topological polar surface area (TPSA) is 73.2 Å². The molecule has 0 aliphatic heterocycles. The number of halogens is 1. The molecular weight excluding hydrogens is 469 g/mol. The number of aromatic nitrogens is 2. The number of ether oxygens (including phenoxy) is 1. The highest BCUT2D eigenvalue weighted by molar-refractivity contribution is 14.1. The van der Waals surface area contributed by atoms with Gasteiger partial charge in [0.2, 0.25) is 0 Å². The summed E-state index contributed by atoms with van der Waals surface area (Å²) in [5.74, 6) is -0.560. The van der Waals surface area contributed by atoms with Gasteiger partial charge in [0, 0.05) is 3.57 Å². The lowest BCUT2D eigenvalue weighted by Crippen LogP contribution is -2.15. The van der Waals surface area contributed by atoms with Crippen LogP contribution in [0.1, 0.15) is 37.7 Å². The van der Waals surface area contributed by atoms with Crippen molar-refractivity contribution in [2.75, 3.05) is 12.4 Å². The number of anilines is 1. The highest BCUT2D eigenvalue weighted by atomic mass is 127. The summed E-state index contributed by atoms with van der Waals surface area (Å²) in [6, 6.07) is 14.7. The zero-order valence-electron chi connectivity index (χ0n) is 15.8. The van der Waals surface area contributed by atoms with Crippen LogP contribution in [0.4, 0.5) is 5.69 Å². The van der Waals surface area contributed by atoms with Gasteiger partial charge in [-0.1, -0.05) is 30.3 Å². The zero-order valence-corrected chi connectivity index (χ0v) is 18.0. The monoisotopic (exact) mass is 489 g/mol. The molecule has 0 aliphatic carbocycles. The second kappa shape index (κ2) is 8.55. The van der Waals surface area contributed by atoms with Crippen molar-refractivity contribution in [3.63, 3.8) is 0 Å². The zero-order chi connectivity index (χ0) is 20.3. The van der Waals surface area contributed by atoms with E-state index in [0.717, 1.165) is 14.8 Å². The van der Waals surface area contributed by atoms with E-state index >= 15 is 0 Å². The van der Waals surface area contributed by atoms with Crippen molar-refractivity contribution in [2.45, 2.75) is 20.4 Å². The van der Waals surface area contributed by atoms with E-state index in [4.69, 9.17) is 4.74 Å². The smallest absolute Gasteiger partial charge is 0.338 e. The average Bonchev–Trinajstić information content (AvgIpc) is 2.95. The van der Waals surface area contributed by atoms with Crippen molar-refractivity contribution < 1.29 is 14.3 Å². The normalized spacial score (nSPS) is 10.6. The van der Waals surface area contributed by atoms with Gasteiger partial charge in [-0.25, -0.2) is 4.79 Å². The van der Waals surface area contributed by atoms with Gasteiger partial charge in [-0.05, 0) is 60.2 Å². The lowest BCUT2D eigenvalue weighted by Gasteiger charge is -2.10. The molecule has 0 aliphatic rings. The summed E-state index contributed by atoms with van der Waals surface area (Å²) in [5.41, 5.74) is 4.13. The summed E-state index contributed by atoms with van der Waals surface area (Å²) >= 11 is 2.14. The molecule has 7 heteroatoms. The summed E-state index contributed by atoms with van der Waals surface area (Å²) in [6.45, 7) is 4.14. The van der Waals surface area contributed by atoms with Crippen LogP contribution in [0, 0.1) is 17.4 Å². The van der Waals surface area contributed by atoms with Gasteiger partial charge in [-0.15, -0.1) is 0 Å². The number of nitrogens with one attached hydrogen (secondary N) is 1. The third-order valence-corrected chi connectivity index (χ3v) is 5.42. The summed E-state index contributed by atoms with van der Waals surface area (Å²) < 4.78 is 7.52. The lowest BCUT2D eigenvalue weighted by atomic mass is 10.1. The van der Waals surface area contributed by atoms with Crippen LogP contribution in [0.25, 0.3) is 0 Å². The van der Waals surface area contributed by atoms with Crippen LogP contribution >= 0.6 is 22.6 Å². The molecule has 1 aromatic heterocycles. The third kappa shape index (κ3) is 4.09. The maximum atomic E-state index is 12.7. The predicted molar refractivity (Wildman–Crippen MR) is 116 cm³/mol. The number of amides is 1. The minimum Gasteiger partial charge on any atom is -0.465 e. The molecular formula is C21H20IN3O3. The molecule has 3 aromatic rings. The maximum absolute atomic E-state index is 12.7. The fourth-order valence-corrected chi connectivity index (χ4v) is 3.62. The average molecular weight is 489 g/mol. The number of benzene rings is 2. The van der Waals surface area contributed by atoms with Crippen molar-refractivity contribution >= 4 is 40.2 Å². The van der Waals surface area contributed by atoms with E-state index in [1.165, 1.54) is 7.11 Å². The summed E-state index contributed by atoms with van der Waals surface area (Å²) in [7, 11) is 1.36. The van der Waals surface area contributed by atoms with Crippen LogP contribution in [0.15, 0.2) is 48.5 Å². The summed E-state index contributed by atoms with van der Waals surface area (Å²) in [6.07, 6.45) is 0. The number of aryl methyl sites for hydroxylation is 1. The molecule has 1 N–H and O–H groups in total. The Morgan fingerprint density at radius 1 is 1.07 bits per heavy atom. The van der Waals surface area contributed by atoms with Crippen LogP contribution in [-0.2, 0) is 11.3 Å². The third-order valence-electron chi connectivity index (χ3n) is 4.48. The summed E-state index contributed by atoms with van der Waals surface area (Å²) in [4.78, 5) is 24.7. The number of hydrogen-bond acceptors (Lipinski definition) is 4. The Balaban J connectivity index is 1.88. The lowest BCUT2D eigenvalue weighted by molar-refractivity contribution is 0.0599. The Morgan fingerprint density at radius 3 is 2.39 bits per heavy atom. The first kappa shape index (κ1) is 20.1. The van der Waals surface area contributed by atoms with Crippen molar-refractivity contribution in [1.29, 1.82) is 0 Å². The second-order valence-electron chi connectivity index (χ2n) is 6.29. The van der Waals surface area contributed by atoms with Gasteiger partial charge in [0.15, 0.2) is 0 Å². The number of methoxy groups -OCH3 is 1. The largest absolute Gasteiger partial charge is 0.465 e. The summed E-state index contributed by atoms with van der Waals surface area (Å²) in [5, 5.41) is 7.52. The van der Waals surface area contributed by atoms with E-state index in [9.17, 15) is 9.59 Å². The van der Waals surface area contributed by atoms with E-state index in [1.807, 2.05) is 44.2 Å². The van der Waals surface area contributed by atoms with Gasteiger partial charge < -0.3 is 10.1 Å². The molecule has 144 valence electrons. The van der Waals surface area contributed by atoms with E-state index in [0.29, 0.717) is 29.1 Å². The molecule has 0 fully saturated rings. The van der Waals surface area contributed by atoms with Gasteiger partial charge in [-0.2, -0.15) is 5.10 Å². The van der Waals surface area contributed by atoms with E-state index in [1.54, 1.807) is 22.9 Å². The second-order valence-corrected chi connectivity index (χ2v) is 7.45. The van der Waals surface area contributed by atoms with Crippen LogP contribution < -0.4 is 5.32 Å². The molecule has 0 saturated carbocycles. The van der Waals surface area contributed by atoms with Crippen molar-refractivity contribution in [1.82, 2.24) is 9.78 Å². The number of rotatable bonds is 5. The van der Waals surface area contributed by atoms with Crippen LogP contribution in [0.2, 0.25) is 0 Å². The number of carbonyl (C=O) groups excluding carboxylic acids is 2. The molecule has 0 saturated heterocycles. The van der Waals surface area contributed by atoms with Crippen molar-refractivity contribution in [3.05, 3.63) is 80.2 Å². The molecule has 1 amide bonds. The fourth-order valence-electron chi connectivity index (χ4n) is 2.99. The Labute approximate surface area is 177 Å².